The van der Waals surface area contributed by atoms with E-state index in [-0.39, 0.29) is 44.0 Å². The van der Waals surface area contributed by atoms with Gasteiger partial charge in [-0.1, -0.05) is 32.4 Å². The fourth-order valence-corrected chi connectivity index (χ4v) is 3.72. The van der Waals surface area contributed by atoms with E-state index in [9.17, 15) is 17.6 Å². The van der Waals surface area contributed by atoms with Crippen LogP contribution in [-0.4, -0.2) is 26.4 Å². The molecule has 1 atom stereocenters. The Labute approximate surface area is 209 Å². The Morgan fingerprint density at radius 1 is 1.00 bits per heavy atom. The number of nitrogens with zero attached hydrogens (tertiary/aromatic N) is 5. The van der Waals surface area contributed by atoms with Crippen molar-refractivity contribution in [2.75, 3.05) is 5.32 Å². The molecule has 0 amide bonds. The van der Waals surface area contributed by atoms with Crippen LogP contribution >= 0.6 is 11.6 Å². The van der Waals surface area contributed by atoms with Gasteiger partial charge < -0.3 is 5.32 Å². The Morgan fingerprint density at radius 2 is 1.69 bits per heavy atom. The van der Waals surface area contributed by atoms with E-state index < -0.39 is 29.7 Å². The van der Waals surface area contributed by atoms with Crippen LogP contribution in [0.25, 0.3) is 22.3 Å². The number of fused-ring (bicyclic) bond motifs is 1. The van der Waals surface area contributed by atoms with Crippen molar-refractivity contribution in [1.29, 1.82) is 5.26 Å². The van der Waals surface area contributed by atoms with Crippen LogP contribution in [-0.2, 0) is 5.41 Å². The monoisotopic (exact) mass is 514 g/mol. The summed E-state index contributed by atoms with van der Waals surface area (Å²) in [6.45, 7) is 5.78. The van der Waals surface area contributed by atoms with Crippen molar-refractivity contribution in [3.8, 4) is 17.3 Å². The molecule has 0 saturated carbocycles. The summed E-state index contributed by atoms with van der Waals surface area (Å²) in [5.41, 5.74) is -0.708. The topological polar surface area (TPSA) is 87.4 Å². The molecule has 1 aromatic carbocycles. The van der Waals surface area contributed by atoms with Crippen molar-refractivity contribution >= 4 is 28.3 Å². The number of benzene rings is 1. The smallest absolute Gasteiger partial charge is 0.262 e. The van der Waals surface area contributed by atoms with Gasteiger partial charge in [-0.2, -0.15) is 5.26 Å². The first-order valence-corrected chi connectivity index (χ1v) is 11.1. The number of alkyl halides is 2. The van der Waals surface area contributed by atoms with Gasteiger partial charge in [0.05, 0.1) is 27.9 Å². The number of hydrogen-bond donors (Lipinski definition) is 1. The van der Waals surface area contributed by atoms with E-state index in [4.69, 9.17) is 16.9 Å². The van der Waals surface area contributed by atoms with E-state index in [2.05, 4.69) is 25.3 Å². The Balaban J connectivity index is 1.84. The summed E-state index contributed by atoms with van der Waals surface area (Å²) in [7, 11) is 0. The molecule has 3 heterocycles. The highest BCUT2D eigenvalue weighted by molar-refractivity contribution is 6.34. The second kappa shape index (κ2) is 9.66. The van der Waals surface area contributed by atoms with Gasteiger partial charge in [-0.15, -0.1) is 0 Å². The van der Waals surface area contributed by atoms with Crippen molar-refractivity contribution in [3.05, 3.63) is 76.5 Å². The molecule has 3 aromatic heterocycles. The Kier molecular flexibility index (Phi) is 6.78. The second-order valence-electron chi connectivity index (χ2n) is 9.02. The molecule has 0 aliphatic heterocycles. The number of anilines is 1. The highest BCUT2D eigenvalue weighted by Gasteiger charge is 2.28. The summed E-state index contributed by atoms with van der Waals surface area (Å²) < 4.78 is 57.6. The highest BCUT2D eigenvalue weighted by atomic mass is 35.5. The summed E-state index contributed by atoms with van der Waals surface area (Å²) >= 11 is 6.27. The van der Waals surface area contributed by atoms with Gasteiger partial charge in [-0.3, -0.25) is 4.98 Å². The van der Waals surface area contributed by atoms with Gasteiger partial charge in [-0.05, 0) is 18.2 Å². The minimum absolute atomic E-state index is 0.00530. The van der Waals surface area contributed by atoms with Crippen molar-refractivity contribution in [3.63, 3.8) is 0 Å². The van der Waals surface area contributed by atoms with Gasteiger partial charge in [-0.25, -0.2) is 32.5 Å². The van der Waals surface area contributed by atoms with Crippen LogP contribution in [0.1, 0.15) is 43.8 Å². The third kappa shape index (κ3) is 4.93. The predicted molar refractivity (Wildman–Crippen MR) is 128 cm³/mol. The van der Waals surface area contributed by atoms with Gasteiger partial charge in [0.15, 0.2) is 5.82 Å². The number of nitriles is 1. The lowest BCUT2D eigenvalue weighted by Crippen LogP contribution is -2.21. The molecule has 4 aromatic rings. The summed E-state index contributed by atoms with van der Waals surface area (Å²) in [6.07, 6.45) is 0.895. The number of aromatic nitrogens is 4. The zero-order valence-corrected chi connectivity index (χ0v) is 20.1. The average molecular weight is 515 g/mol. The zero-order valence-electron chi connectivity index (χ0n) is 19.3. The van der Waals surface area contributed by atoms with E-state index in [1.807, 2.05) is 20.8 Å². The van der Waals surface area contributed by atoms with Crippen molar-refractivity contribution < 1.29 is 17.6 Å². The molecule has 184 valence electrons. The molecule has 11 heteroatoms. The minimum Gasteiger partial charge on any atom is -0.370 e. The van der Waals surface area contributed by atoms with Gasteiger partial charge in [0.2, 0.25) is 0 Å². The predicted octanol–water partition coefficient (Wildman–Crippen LogP) is 6.61. The quantitative estimate of drug-likeness (QED) is 0.302. The molecule has 36 heavy (non-hydrogen) atoms. The molecular weight excluding hydrogens is 496 g/mol. The number of nitrogens with one attached hydrogen (secondary N) is 1. The fourth-order valence-electron chi connectivity index (χ4n) is 3.53. The summed E-state index contributed by atoms with van der Waals surface area (Å²) in [4.78, 5) is 16.9. The Morgan fingerprint density at radius 3 is 2.31 bits per heavy atom. The van der Waals surface area contributed by atoms with Crippen LogP contribution in [0.5, 0.6) is 0 Å². The first kappa shape index (κ1) is 25.3. The molecular formula is C25H19ClF4N6. The molecule has 0 unspecified atom stereocenters. The molecule has 4 rings (SSSR count). The highest BCUT2D eigenvalue weighted by Crippen LogP contribution is 2.36. The van der Waals surface area contributed by atoms with E-state index in [0.29, 0.717) is 5.82 Å². The number of halogens is 5. The molecule has 0 fully saturated rings. The van der Waals surface area contributed by atoms with Gasteiger partial charge in [0, 0.05) is 41.2 Å². The van der Waals surface area contributed by atoms with E-state index >= 15 is 0 Å². The van der Waals surface area contributed by atoms with Crippen molar-refractivity contribution in [2.45, 2.75) is 38.7 Å². The van der Waals surface area contributed by atoms with E-state index in [1.54, 1.807) is 6.07 Å². The molecule has 0 bridgehead atoms. The molecule has 0 aliphatic carbocycles. The first-order valence-electron chi connectivity index (χ1n) is 10.7. The summed E-state index contributed by atoms with van der Waals surface area (Å²) in [6, 6.07) is 4.15. The summed E-state index contributed by atoms with van der Waals surface area (Å²) in [5, 5.41) is 11.6. The van der Waals surface area contributed by atoms with E-state index in [1.165, 1.54) is 18.5 Å². The molecule has 0 saturated heterocycles. The maximum Gasteiger partial charge on any atom is 0.262 e. The zero-order chi connectivity index (χ0) is 26.2. The Hall–Kier alpha value is -3.84. The molecule has 0 radical (unpaired) electrons. The maximum atomic E-state index is 15.0. The lowest BCUT2D eigenvalue weighted by atomic mass is 9.96. The van der Waals surface area contributed by atoms with Crippen molar-refractivity contribution in [2.24, 2.45) is 0 Å². The largest absolute Gasteiger partial charge is 0.370 e. The average Bonchev–Trinajstić information content (AvgIpc) is 2.83. The third-order valence-corrected chi connectivity index (χ3v) is 5.64. The van der Waals surface area contributed by atoms with Gasteiger partial charge in [0.25, 0.3) is 6.43 Å². The Bertz CT molecular complexity index is 1480. The summed E-state index contributed by atoms with van der Waals surface area (Å²) in [5.74, 6) is -1.12. The van der Waals surface area contributed by atoms with Crippen LogP contribution in [0.4, 0.5) is 23.2 Å². The number of pyridine rings is 2. The normalized spacial score (nSPS) is 12.6. The van der Waals surface area contributed by atoms with Crippen LogP contribution in [0, 0.1) is 23.0 Å². The van der Waals surface area contributed by atoms with E-state index in [0.717, 1.165) is 24.4 Å². The van der Waals surface area contributed by atoms with Crippen LogP contribution in [0.15, 0.2) is 42.9 Å². The second-order valence-corrected chi connectivity index (χ2v) is 9.42. The van der Waals surface area contributed by atoms with Crippen LogP contribution < -0.4 is 5.32 Å². The van der Waals surface area contributed by atoms with Gasteiger partial charge in [0.1, 0.15) is 28.9 Å². The fraction of sp³-hybridized carbons (Fsp3) is 0.240. The number of hydrogen-bond acceptors (Lipinski definition) is 6. The third-order valence-electron chi connectivity index (χ3n) is 5.36. The number of rotatable bonds is 5. The molecule has 0 spiro atoms. The lowest BCUT2D eigenvalue weighted by molar-refractivity contribution is 0.123. The van der Waals surface area contributed by atoms with Gasteiger partial charge >= 0.3 is 0 Å². The maximum absolute atomic E-state index is 15.0. The molecule has 6 nitrogen and oxygen atoms in total. The molecule has 0 aliphatic rings. The van der Waals surface area contributed by atoms with Crippen LogP contribution in [0.3, 0.4) is 0 Å². The van der Waals surface area contributed by atoms with Crippen molar-refractivity contribution in [1.82, 2.24) is 19.9 Å². The minimum atomic E-state index is -3.09. The van der Waals surface area contributed by atoms with Crippen LogP contribution in [0.2, 0.25) is 5.02 Å². The SMILES string of the molecule is CC(C)(C)c1ncc(-c2nc3c(N[C@@H](c4cc(C#N)ccc4F)C(F)F)c(Cl)cnc3cc2F)cn1. The first-order chi connectivity index (χ1) is 17.0. The standard InChI is InChI=1S/C25H19ClF4N6/c1-25(2,3)24-33-9-13(10-34-24)19-17(28)7-18-22(35-19)21(15(26)11-32-18)36-20(23(29)30)14-6-12(8-31)4-5-16(14)27/h4-7,9-11,20,23H,1-3H3,(H,32,36)/t20-/m0/s1. The lowest BCUT2D eigenvalue weighted by Gasteiger charge is -2.22. The molecule has 1 N–H and O–H groups in total.